The lowest BCUT2D eigenvalue weighted by atomic mass is 9.97. The highest BCUT2D eigenvalue weighted by atomic mass is 19.2. The van der Waals surface area contributed by atoms with Gasteiger partial charge < -0.3 is 20.9 Å². The maximum Gasteiger partial charge on any atom is 0.254 e. The lowest BCUT2D eigenvalue weighted by molar-refractivity contribution is -0.142. The van der Waals surface area contributed by atoms with E-state index in [-0.39, 0.29) is 24.8 Å². The Morgan fingerprint density at radius 3 is 2.06 bits per heavy atom. The summed E-state index contributed by atoms with van der Waals surface area (Å²) in [7, 11) is 3.08. The zero-order valence-electron chi connectivity index (χ0n) is 28.5. The summed E-state index contributed by atoms with van der Waals surface area (Å²) in [6.45, 7) is 2.13. The first-order valence-corrected chi connectivity index (χ1v) is 16.6. The fraction of sp³-hybridized carbons (Fsp3) is 0.244. The van der Waals surface area contributed by atoms with Crippen molar-refractivity contribution in [3.63, 3.8) is 0 Å². The van der Waals surface area contributed by atoms with Crippen LogP contribution in [0.4, 0.5) is 8.78 Å². The number of carbonyl (C=O) groups is 3. The molecule has 0 fully saturated rings. The molecule has 5 aromatic carbocycles. The van der Waals surface area contributed by atoms with Crippen molar-refractivity contribution in [2.24, 2.45) is 5.73 Å². The highest BCUT2D eigenvalue weighted by Crippen LogP contribution is 2.22. The number of nitrogens with two attached hydrogens (primary N) is 1. The Labute approximate surface area is 291 Å². The van der Waals surface area contributed by atoms with E-state index in [1.165, 1.54) is 22.9 Å². The normalized spacial score (nSPS) is 12.9. The van der Waals surface area contributed by atoms with Gasteiger partial charge in [0.25, 0.3) is 5.91 Å². The van der Waals surface area contributed by atoms with Gasteiger partial charge >= 0.3 is 0 Å². The van der Waals surface area contributed by atoms with Gasteiger partial charge in [-0.1, -0.05) is 91.0 Å². The lowest BCUT2D eigenvalue weighted by Crippen LogP contribution is -2.56. The number of benzene rings is 5. The molecule has 0 aliphatic rings. The van der Waals surface area contributed by atoms with Crippen LogP contribution in [0.25, 0.3) is 10.8 Å². The van der Waals surface area contributed by atoms with E-state index in [9.17, 15) is 23.2 Å². The van der Waals surface area contributed by atoms with Crippen LogP contribution in [-0.2, 0) is 28.9 Å². The highest BCUT2D eigenvalue weighted by Gasteiger charge is 2.35. The van der Waals surface area contributed by atoms with Crippen molar-refractivity contribution in [3.05, 3.63) is 155 Å². The minimum atomic E-state index is -1.09. The molecule has 0 spiro atoms. The molecule has 258 valence electrons. The standard InChI is InChI=1S/C41H42F2N4O3/c1-27(44)32-14-9-15-34(26-32)40(49)47(3)38(25-29-16-18-31-12-7-8-13-33(31)22-29)41(50)46(2)37(24-30-17-19-35(42)36(43)23-30)39(48)45-21-20-28-10-5-4-6-11-28/h4-19,22-23,26-27,37-38H,20-21,24-25,44H2,1-3H3,(H,45,48)/t27?,37-,38-/m1/s1. The smallest absolute Gasteiger partial charge is 0.254 e. The number of amides is 3. The molecule has 0 heterocycles. The zero-order chi connectivity index (χ0) is 35.8. The van der Waals surface area contributed by atoms with Crippen molar-refractivity contribution >= 4 is 28.5 Å². The molecule has 50 heavy (non-hydrogen) atoms. The topological polar surface area (TPSA) is 95.7 Å². The summed E-state index contributed by atoms with van der Waals surface area (Å²) in [6.07, 6.45) is 0.647. The van der Waals surface area contributed by atoms with Gasteiger partial charge in [0.05, 0.1) is 0 Å². The van der Waals surface area contributed by atoms with Crippen molar-refractivity contribution in [1.82, 2.24) is 15.1 Å². The van der Waals surface area contributed by atoms with Crippen LogP contribution in [0.15, 0.2) is 115 Å². The fourth-order valence-electron chi connectivity index (χ4n) is 6.06. The molecule has 3 amide bonds. The molecule has 0 aromatic heterocycles. The third-order valence-electron chi connectivity index (χ3n) is 9.06. The third-order valence-corrected chi connectivity index (χ3v) is 9.06. The van der Waals surface area contributed by atoms with E-state index in [4.69, 9.17) is 5.73 Å². The molecule has 3 atom stereocenters. The van der Waals surface area contributed by atoms with Gasteiger partial charge in [-0.2, -0.15) is 0 Å². The Bertz CT molecular complexity index is 1970. The molecule has 5 aromatic rings. The molecule has 3 N–H and O–H groups in total. The van der Waals surface area contributed by atoms with Crippen molar-refractivity contribution in [2.45, 2.75) is 44.3 Å². The van der Waals surface area contributed by atoms with Crippen LogP contribution < -0.4 is 11.1 Å². The molecule has 0 aliphatic heterocycles. The van der Waals surface area contributed by atoms with Crippen LogP contribution in [0.2, 0.25) is 0 Å². The second-order valence-electron chi connectivity index (χ2n) is 12.7. The van der Waals surface area contributed by atoms with Gasteiger partial charge in [-0.15, -0.1) is 0 Å². The minimum absolute atomic E-state index is 0.0760. The Balaban J connectivity index is 1.47. The van der Waals surface area contributed by atoms with Crippen LogP contribution in [0.5, 0.6) is 0 Å². The number of carbonyl (C=O) groups excluding carboxylic acids is 3. The van der Waals surface area contributed by atoms with E-state index in [1.54, 1.807) is 25.2 Å². The molecule has 0 saturated heterocycles. The van der Waals surface area contributed by atoms with E-state index in [2.05, 4.69) is 5.32 Å². The van der Waals surface area contributed by atoms with Crippen LogP contribution in [0, 0.1) is 11.6 Å². The maximum atomic E-state index is 14.6. The SMILES string of the molecule is CC(N)c1cccc(C(=O)N(C)[C@H](Cc2ccc3ccccc3c2)C(=O)N(C)[C@H](Cc2ccc(F)c(F)c2)C(=O)NCCc2ccccc2)c1. The number of nitrogens with zero attached hydrogens (tertiary/aromatic N) is 2. The van der Waals surface area contributed by atoms with Gasteiger partial charge in [-0.05, 0) is 70.6 Å². The molecular formula is C41H42F2N4O3. The third kappa shape index (κ3) is 8.78. The first kappa shape index (κ1) is 35.9. The second kappa shape index (κ2) is 16.3. The second-order valence-corrected chi connectivity index (χ2v) is 12.7. The first-order valence-electron chi connectivity index (χ1n) is 16.6. The Hall–Kier alpha value is -5.41. The largest absolute Gasteiger partial charge is 0.354 e. The molecule has 0 aliphatic carbocycles. The molecule has 9 heteroatoms. The average Bonchev–Trinajstić information content (AvgIpc) is 3.13. The molecule has 1 unspecified atom stereocenters. The van der Waals surface area contributed by atoms with E-state index < -0.39 is 35.5 Å². The van der Waals surface area contributed by atoms with Gasteiger partial charge in [0, 0.05) is 45.1 Å². The van der Waals surface area contributed by atoms with Gasteiger partial charge in [-0.3, -0.25) is 14.4 Å². The molecular weight excluding hydrogens is 634 g/mol. The summed E-state index contributed by atoms with van der Waals surface area (Å²) >= 11 is 0. The number of rotatable bonds is 13. The van der Waals surface area contributed by atoms with Crippen LogP contribution in [-0.4, -0.2) is 60.2 Å². The van der Waals surface area contributed by atoms with Gasteiger partial charge in [0.2, 0.25) is 11.8 Å². The van der Waals surface area contributed by atoms with E-state index in [0.717, 1.165) is 39.6 Å². The summed E-state index contributed by atoms with van der Waals surface area (Å²) in [6, 6.07) is 31.4. The van der Waals surface area contributed by atoms with Crippen LogP contribution >= 0.6 is 0 Å². The highest BCUT2D eigenvalue weighted by molar-refractivity contribution is 5.98. The van der Waals surface area contributed by atoms with Gasteiger partial charge in [-0.25, -0.2) is 8.78 Å². The number of fused-ring (bicyclic) bond motifs is 1. The summed E-state index contributed by atoms with van der Waals surface area (Å²) in [5.74, 6) is -3.38. The van der Waals surface area contributed by atoms with Crippen LogP contribution in [0.3, 0.4) is 0 Å². The number of halogens is 2. The van der Waals surface area contributed by atoms with E-state index in [1.807, 2.05) is 85.8 Å². The van der Waals surface area contributed by atoms with Crippen molar-refractivity contribution in [1.29, 1.82) is 0 Å². The fourth-order valence-corrected chi connectivity index (χ4v) is 6.06. The first-order chi connectivity index (χ1) is 24.0. The number of hydrogen-bond acceptors (Lipinski definition) is 4. The summed E-state index contributed by atoms with van der Waals surface area (Å²) in [5, 5.41) is 4.94. The lowest BCUT2D eigenvalue weighted by Gasteiger charge is -2.35. The van der Waals surface area contributed by atoms with Gasteiger partial charge in [0.1, 0.15) is 12.1 Å². The zero-order valence-corrected chi connectivity index (χ0v) is 28.5. The van der Waals surface area contributed by atoms with Crippen LogP contribution in [0.1, 0.15) is 45.6 Å². The minimum Gasteiger partial charge on any atom is -0.354 e. The molecule has 0 radical (unpaired) electrons. The quantitative estimate of drug-likeness (QED) is 0.154. The van der Waals surface area contributed by atoms with E-state index in [0.29, 0.717) is 24.1 Å². The summed E-state index contributed by atoms with van der Waals surface area (Å²) in [5.41, 5.74) is 9.44. The Morgan fingerprint density at radius 1 is 0.680 bits per heavy atom. The Morgan fingerprint density at radius 2 is 1.34 bits per heavy atom. The summed E-state index contributed by atoms with van der Waals surface area (Å²) < 4.78 is 28.1. The average molecular weight is 677 g/mol. The summed E-state index contributed by atoms with van der Waals surface area (Å²) in [4.78, 5) is 45.1. The number of hydrogen-bond donors (Lipinski definition) is 2. The Kier molecular flexibility index (Phi) is 11.7. The molecule has 0 saturated carbocycles. The van der Waals surface area contributed by atoms with Crippen molar-refractivity contribution in [3.8, 4) is 0 Å². The molecule has 0 bridgehead atoms. The molecule has 7 nitrogen and oxygen atoms in total. The van der Waals surface area contributed by atoms with Gasteiger partial charge in [0.15, 0.2) is 11.6 Å². The van der Waals surface area contributed by atoms with E-state index >= 15 is 0 Å². The number of nitrogens with one attached hydrogen (secondary N) is 1. The number of likely N-dealkylation sites (N-methyl/N-ethyl adjacent to an activating group) is 2. The maximum absolute atomic E-state index is 14.6. The monoisotopic (exact) mass is 676 g/mol. The molecule has 5 rings (SSSR count). The van der Waals surface area contributed by atoms with Crippen molar-refractivity contribution < 1.29 is 23.2 Å². The van der Waals surface area contributed by atoms with Crippen molar-refractivity contribution in [2.75, 3.05) is 20.6 Å². The predicted molar refractivity (Wildman–Crippen MR) is 192 cm³/mol. The predicted octanol–water partition coefficient (Wildman–Crippen LogP) is 6.25.